The summed E-state index contributed by atoms with van der Waals surface area (Å²) in [5.41, 5.74) is 24.2. The molecule has 4 aromatic heterocycles. The molecule has 2 aliphatic heterocycles. The number of rotatable bonds is 4. The molecule has 0 bridgehead atoms. The minimum atomic E-state index is -0.147. The summed E-state index contributed by atoms with van der Waals surface area (Å²) in [4.78, 5) is 21.0. The van der Waals surface area contributed by atoms with Crippen LogP contribution in [-0.2, 0) is 27.9 Å². The zero-order valence-electron chi connectivity index (χ0n) is 49.5. The van der Waals surface area contributed by atoms with Crippen molar-refractivity contribution in [2.24, 2.45) is 20.8 Å². The minimum Gasteiger partial charge on any atom is -0.656 e. The summed E-state index contributed by atoms with van der Waals surface area (Å²) in [5.74, 6) is 0. The Balaban J connectivity index is 0.000000176. The first-order chi connectivity index (χ1) is 36.6. The van der Waals surface area contributed by atoms with E-state index in [1.807, 2.05) is 36.4 Å². The number of para-hydroxylation sites is 2. The van der Waals surface area contributed by atoms with Crippen LogP contribution in [0.25, 0.3) is 89.3 Å². The Morgan fingerprint density at radius 3 is 1.06 bits per heavy atom. The van der Waals surface area contributed by atoms with Crippen LogP contribution in [0, 0.1) is 52.4 Å². The molecule has 6 heterocycles. The van der Waals surface area contributed by atoms with E-state index >= 15 is 0 Å². The Kier molecular flexibility index (Phi) is 13.7. The van der Waals surface area contributed by atoms with E-state index in [-0.39, 0.29) is 38.7 Å². The summed E-state index contributed by atoms with van der Waals surface area (Å²) in [7, 11) is 0. The van der Waals surface area contributed by atoms with Crippen LogP contribution in [-0.4, -0.2) is 0 Å². The molecule has 0 spiro atoms. The number of allylic oxidation sites excluding steroid dienone is 2. The van der Waals surface area contributed by atoms with Crippen molar-refractivity contribution in [3.63, 3.8) is 0 Å². The molecule has 10 aromatic rings. The maximum atomic E-state index is 6.38. The van der Waals surface area contributed by atoms with Gasteiger partial charge in [-0.2, -0.15) is 0 Å². The predicted octanol–water partition coefficient (Wildman–Crippen LogP) is 16.6. The fourth-order valence-electron chi connectivity index (χ4n) is 11.9. The molecule has 7 heteroatoms. The standard InChI is InChI=1S/2C36H37N2O.Cu/c2*1-20-14-15-24-26(16-20)27(37-32(24)30-21(2)17-23(18-22(30)3)35(4,5)6)19-28-31(36(7,8)9)34-33(38-28)25-12-10-11-13-29(25)39-34;/h2*10-19H,1-9H3;/q2*-1;+2/b2*28-19-;. The van der Waals surface area contributed by atoms with Gasteiger partial charge in [0.25, 0.3) is 0 Å². The first-order valence-corrected chi connectivity index (χ1v) is 27.7. The average Bonchev–Trinajstić information content (AvgIpc) is 4.41. The van der Waals surface area contributed by atoms with E-state index in [0.29, 0.717) is 0 Å². The van der Waals surface area contributed by atoms with E-state index in [0.717, 1.165) is 99.6 Å². The van der Waals surface area contributed by atoms with Crippen molar-refractivity contribution >= 4 is 66.8 Å². The molecule has 0 atom stereocenters. The molecule has 79 heavy (non-hydrogen) atoms. The van der Waals surface area contributed by atoms with Crippen LogP contribution in [0.1, 0.15) is 139 Å². The van der Waals surface area contributed by atoms with Crippen LogP contribution in [0.15, 0.2) is 139 Å². The van der Waals surface area contributed by atoms with Gasteiger partial charge in [0.1, 0.15) is 21.9 Å². The molecular formula is C72H74CuN4O2. The second-order valence-corrected chi connectivity index (χ2v) is 26.3. The number of nitrogens with zero attached hydrogens (tertiary/aromatic N) is 4. The van der Waals surface area contributed by atoms with Crippen molar-refractivity contribution in [1.29, 1.82) is 0 Å². The predicted molar refractivity (Wildman–Crippen MR) is 327 cm³/mol. The maximum absolute atomic E-state index is 6.38. The second-order valence-electron chi connectivity index (χ2n) is 26.3. The maximum Gasteiger partial charge on any atom is 2.00 e. The van der Waals surface area contributed by atoms with Gasteiger partial charge in [0.15, 0.2) is 10.8 Å². The summed E-state index contributed by atoms with van der Waals surface area (Å²) in [6.45, 7) is 40.1. The van der Waals surface area contributed by atoms with Crippen LogP contribution >= 0.6 is 0 Å². The van der Waals surface area contributed by atoms with Crippen molar-refractivity contribution in [2.45, 2.75) is 135 Å². The van der Waals surface area contributed by atoms with Crippen molar-refractivity contribution in [3.05, 3.63) is 198 Å². The number of benzene rings is 6. The van der Waals surface area contributed by atoms with Gasteiger partial charge in [-0.05, 0) is 154 Å². The van der Waals surface area contributed by atoms with Crippen LogP contribution in [0.2, 0.25) is 0 Å². The van der Waals surface area contributed by atoms with Gasteiger partial charge in [0, 0.05) is 21.9 Å². The minimum absolute atomic E-state index is 0. The Morgan fingerprint density at radius 2 is 0.734 bits per heavy atom. The SMILES string of the molecule is Cc1ccc2c(-c3c(C)cc(C(C)(C)C)cc3C)[n-]c(/C=C3\N=c4c(oc5ccccc45)=C3C(C)(C)C)c2c1.Cc1ccc2c(-c3c(C)cc(C(C)(C)C)cc3C)[n-]c(/C=C3\N=c4c(oc5ccccc45)=C3C(C)(C)C)c2c1.[Cu+2]. The molecule has 0 saturated carbocycles. The molecule has 0 amide bonds. The molecule has 0 saturated heterocycles. The number of fused-ring (bicyclic) bond motifs is 8. The summed E-state index contributed by atoms with van der Waals surface area (Å²) < 4.78 is 12.8. The van der Waals surface area contributed by atoms with Crippen molar-refractivity contribution in [3.8, 4) is 22.5 Å². The quantitative estimate of drug-likeness (QED) is 0.165. The van der Waals surface area contributed by atoms with E-state index in [9.17, 15) is 0 Å². The molecule has 6 aromatic carbocycles. The Labute approximate surface area is 476 Å². The molecule has 0 aliphatic carbocycles. The van der Waals surface area contributed by atoms with Crippen LogP contribution < -0.4 is 31.5 Å². The summed E-state index contributed by atoms with van der Waals surface area (Å²) in [6, 6.07) is 39.0. The molecular weight excluding hydrogens is 1020 g/mol. The normalized spacial score (nSPS) is 14.8. The number of hydrogen-bond acceptors (Lipinski definition) is 4. The second kappa shape index (κ2) is 19.6. The van der Waals surface area contributed by atoms with Gasteiger partial charge < -0.3 is 18.8 Å². The summed E-state index contributed by atoms with van der Waals surface area (Å²) in [5, 5.41) is 8.65. The summed E-state index contributed by atoms with van der Waals surface area (Å²) >= 11 is 0. The Morgan fingerprint density at radius 1 is 0.392 bits per heavy atom. The van der Waals surface area contributed by atoms with Crippen molar-refractivity contribution < 1.29 is 25.9 Å². The van der Waals surface area contributed by atoms with Gasteiger partial charge in [-0.15, -0.1) is 22.8 Å². The largest absolute Gasteiger partial charge is 2.00 e. The molecule has 0 unspecified atom stereocenters. The van der Waals surface area contributed by atoms with E-state index in [1.54, 1.807) is 0 Å². The van der Waals surface area contributed by atoms with Crippen LogP contribution in [0.5, 0.6) is 0 Å². The zero-order chi connectivity index (χ0) is 55.7. The number of hydrogen-bond donors (Lipinski definition) is 0. The monoisotopic (exact) mass is 1090 g/mol. The zero-order valence-corrected chi connectivity index (χ0v) is 50.4. The topological polar surface area (TPSA) is 79.2 Å². The number of aromatic nitrogens is 2. The van der Waals surface area contributed by atoms with E-state index in [1.165, 1.54) is 66.4 Å². The smallest absolute Gasteiger partial charge is 0.656 e. The van der Waals surface area contributed by atoms with E-state index in [2.05, 4.69) is 210 Å². The van der Waals surface area contributed by atoms with Crippen molar-refractivity contribution in [1.82, 2.24) is 9.97 Å². The Hall–Kier alpha value is -7.18. The third-order valence-corrected chi connectivity index (χ3v) is 15.8. The van der Waals surface area contributed by atoms with Gasteiger partial charge in [-0.3, -0.25) is 0 Å². The molecule has 0 N–H and O–H groups in total. The molecule has 0 fully saturated rings. The molecule has 2 aliphatic rings. The number of furan rings is 2. The van der Waals surface area contributed by atoms with Crippen LogP contribution in [0.4, 0.5) is 0 Å². The van der Waals surface area contributed by atoms with Gasteiger partial charge in [0.2, 0.25) is 0 Å². The Bertz CT molecular complexity index is 4140. The van der Waals surface area contributed by atoms with E-state index in [4.69, 9.17) is 28.8 Å². The third kappa shape index (κ3) is 9.82. The third-order valence-electron chi connectivity index (χ3n) is 15.8. The molecule has 405 valence electrons. The van der Waals surface area contributed by atoms with Gasteiger partial charge in [-0.1, -0.05) is 191 Å². The van der Waals surface area contributed by atoms with Crippen LogP contribution in [0.3, 0.4) is 0 Å². The summed E-state index contributed by atoms with van der Waals surface area (Å²) in [6.07, 6.45) is 4.34. The average molecular weight is 1090 g/mol. The van der Waals surface area contributed by atoms with Gasteiger partial charge in [0.05, 0.1) is 11.4 Å². The molecule has 6 nitrogen and oxygen atoms in total. The first kappa shape index (κ1) is 55.1. The number of aryl methyl sites for hydroxylation is 6. The first-order valence-electron chi connectivity index (χ1n) is 27.7. The van der Waals surface area contributed by atoms with Crippen molar-refractivity contribution in [2.75, 3.05) is 0 Å². The van der Waals surface area contributed by atoms with Gasteiger partial charge >= 0.3 is 17.1 Å². The van der Waals surface area contributed by atoms with Gasteiger partial charge in [-0.25, -0.2) is 9.98 Å². The molecule has 12 rings (SSSR count). The fourth-order valence-corrected chi connectivity index (χ4v) is 11.9. The fraction of sp³-hybridized carbons (Fsp3) is 0.306. The molecule has 1 radical (unpaired) electrons. The van der Waals surface area contributed by atoms with E-state index < -0.39 is 0 Å².